The zero-order valence-electron chi connectivity index (χ0n) is 10.1. The topological polar surface area (TPSA) is 113 Å². The molecule has 19 heavy (non-hydrogen) atoms. The summed E-state index contributed by atoms with van der Waals surface area (Å²) in [6, 6.07) is 0. The van der Waals surface area contributed by atoms with Crippen molar-refractivity contribution in [2.24, 2.45) is 5.92 Å². The van der Waals surface area contributed by atoms with E-state index in [2.05, 4.69) is 5.32 Å². The SMILES string of the molecule is CCOC(=O)C1C(=O)CCC2(SC(=N)NC2=O)C1=O. The van der Waals surface area contributed by atoms with Gasteiger partial charge in [-0.3, -0.25) is 24.6 Å². The van der Waals surface area contributed by atoms with Crippen molar-refractivity contribution in [3.05, 3.63) is 0 Å². The predicted octanol–water partition coefficient (Wildman–Crippen LogP) is -0.366. The number of ketones is 2. The Morgan fingerprint density at radius 1 is 1.53 bits per heavy atom. The number of Topliss-reactive ketones (excluding diaryl/α,β-unsaturated/α-hetero) is 2. The van der Waals surface area contributed by atoms with Gasteiger partial charge in [-0.1, -0.05) is 11.8 Å². The summed E-state index contributed by atoms with van der Waals surface area (Å²) in [5.41, 5.74) is 0. The summed E-state index contributed by atoms with van der Waals surface area (Å²) in [6.45, 7) is 1.62. The first-order valence-corrected chi connectivity index (χ1v) is 6.56. The fourth-order valence-corrected chi connectivity index (χ4v) is 3.25. The lowest BCUT2D eigenvalue weighted by molar-refractivity contribution is -0.157. The van der Waals surface area contributed by atoms with Crippen molar-refractivity contribution in [2.45, 2.75) is 24.5 Å². The van der Waals surface area contributed by atoms with Crippen molar-refractivity contribution < 1.29 is 23.9 Å². The van der Waals surface area contributed by atoms with Crippen LogP contribution in [0, 0.1) is 11.3 Å². The van der Waals surface area contributed by atoms with Crippen LogP contribution in [0.5, 0.6) is 0 Å². The van der Waals surface area contributed by atoms with Crippen LogP contribution in [0.4, 0.5) is 0 Å². The second kappa shape index (κ2) is 4.76. The van der Waals surface area contributed by atoms with Gasteiger partial charge in [-0.2, -0.15) is 0 Å². The number of carbonyl (C=O) groups is 4. The molecular weight excluding hydrogens is 272 g/mol. The van der Waals surface area contributed by atoms with E-state index in [0.29, 0.717) is 0 Å². The van der Waals surface area contributed by atoms with E-state index in [4.69, 9.17) is 10.1 Å². The standard InChI is InChI=1S/C11H12N2O5S/c1-2-18-8(16)6-5(14)3-4-11(7(6)15)9(17)13-10(12)19-11/h6H,2-4H2,1H3,(H2,12,13,17). The van der Waals surface area contributed by atoms with E-state index >= 15 is 0 Å². The average Bonchev–Trinajstić information content (AvgIpc) is 2.61. The van der Waals surface area contributed by atoms with Crippen molar-refractivity contribution in [1.29, 1.82) is 5.41 Å². The van der Waals surface area contributed by atoms with Crippen molar-refractivity contribution in [2.75, 3.05) is 6.61 Å². The molecule has 1 aliphatic heterocycles. The van der Waals surface area contributed by atoms with Crippen LogP contribution in [0.2, 0.25) is 0 Å². The second-order valence-corrected chi connectivity index (χ2v) is 5.54. The molecule has 102 valence electrons. The molecule has 1 aliphatic carbocycles. The molecule has 0 aromatic carbocycles. The number of ether oxygens (including phenoxy) is 1. The van der Waals surface area contributed by atoms with Gasteiger partial charge in [0, 0.05) is 6.42 Å². The first-order valence-electron chi connectivity index (χ1n) is 5.75. The Morgan fingerprint density at radius 3 is 2.74 bits per heavy atom. The van der Waals surface area contributed by atoms with Crippen molar-refractivity contribution in [3.63, 3.8) is 0 Å². The van der Waals surface area contributed by atoms with Gasteiger partial charge < -0.3 is 10.1 Å². The molecule has 1 saturated heterocycles. The van der Waals surface area contributed by atoms with Crippen LogP contribution in [0.1, 0.15) is 19.8 Å². The summed E-state index contributed by atoms with van der Waals surface area (Å²) in [6.07, 6.45) is -0.0393. The maximum Gasteiger partial charge on any atom is 0.324 e. The van der Waals surface area contributed by atoms with Crippen LogP contribution in [-0.4, -0.2) is 40.0 Å². The monoisotopic (exact) mass is 284 g/mol. The number of carbonyl (C=O) groups excluding carboxylic acids is 4. The molecule has 1 spiro atoms. The Balaban J connectivity index is 2.34. The Kier molecular flexibility index (Phi) is 3.44. The summed E-state index contributed by atoms with van der Waals surface area (Å²) in [5.74, 6) is -4.39. The number of nitrogens with one attached hydrogen (secondary N) is 2. The van der Waals surface area contributed by atoms with E-state index in [1.165, 1.54) is 0 Å². The van der Waals surface area contributed by atoms with Gasteiger partial charge >= 0.3 is 5.97 Å². The van der Waals surface area contributed by atoms with Crippen LogP contribution in [0.3, 0.4) is 0 Å². The quantitative estimate of drug-likeness (QED) is 0.528. The Labute approximate surface area is 112 Å². The molecule has 2 rings (SSSR count). The number of esters is 1. The molecule has 0 aromatic rings. The van der Waals surface area contributed by atoms with Gasteiger partial charge in [0.15, 0.2) is 27.4 Å². The summed E-state index contributed by atoms with van der Waals surface area (Å²) < 4.78 is 3.19. The number of amides is 1. The number of hydrogen-bond acceptors (Lipinski definition) is 7. The van der Waals surface area contributed by atoms with Crippen molar-refractivity contribution in [1.82, 2.24) is 5.32 Å². The molecule has 0 radical (unpaired) electrons. The van der Waals surface area contributed by atoms with Crippen molar-refractivity contribution in [3.8, 4) is 0 Å². The van der Waals surface area contributed by atoms with Crippen LogP contribution < -0.4 is 5.32 Å². The number of amidine groups is 1. The minimum Gasteiger partial charge on any atom is -0.465 e. The van der Waals surface area contributed by atoms with Gasteiger partial charge in [0.1, 0.15) is 0 Å². The van der Waals surface area contributed by atoms with E-state index < -0.39 is 34.1 Å². The van der Waals surface area contributed by atoms with Crippen LogP contribution in [0.25, 0.3) is 0 Å². The molecule has 2 unspecified atom stereocenters. The van der Waals surface area contributed by atoms with E-state index in [1.54, 1.807) is 6.92 Å². The minimum atomic E-state index is -1.54. The third kappa shape index (κ3) is 2.05. The molecule has 2 aliphatic rings. The molecule has 1 amide bonds. The van der Waals surface area contributed by atoms with E-state index in [0.717, 1.165) is 11.8 Å². The van der Waals surface area contributed by atoms with E-state index in [1.807, 2.05) is 0 Å². The molecule has 1 heterocycles. The van der Waals surface area contributed by atoms with Gasteiger partial charge in [-0.25, -0.2) is 0 Å². The molecule has 0 bridgehead atoms. The number of hydrogen-bond donors (Lipinski definition) is 2. The van der Waals surface area contributed by atoms with E-state index in [9.17, 15) is 19.2 Å². The molecule has 2 N–H and O–H groups in total. The predicted molar refractivity (Wildman–Crippen MR) is 65.6 cm³/mol. The van der Waals surface area contributed by atoms with Crippen LogP contribution >= 0.6 is 11.8 Å². The maximum atomic E-state index is 12.3. The molecule has 8 heteroatoms. The Hall–Kier alpha value is -1.70. The normalized spacial score (nSPS) is 30.7. The Morgan fingerprint density at radius 2 is 2.21 bits per heavy atom. The smallest absolute Gasteiger partial charge is 0.324 e. The molecular formula is C11H12N2O5S. The molecule has 2 atom stereocenters. The average molecular weight is 284 g/mol. The first kappa shape index (κ1) is 13.7. The Bertz CT molecular complexity index is 503. The molecule has 7 nitrogen and oxygen atoms in total. The molecule has 0 aromatic heterocycles. The highest BCUT2D eigenvalue weighted by Crippen LogP contribution is 2.42. The van der Waals surface area contributed by atoms with E-state index in [-0.39, 0.29) is 24.6 Å². The fraction of sp³-hybridized carbons (Fsp3) is 0.545. The summed E-state index contributed by atoms with van der Waals surface area (Å²) in [7, 11) is 0. The van der Waals surface area contributed by atoms with Gasteiger partial charge in [0.25, 0.3) is 0 Å². The zero-order chi connectivity index (χ0) is 14.2. The summed E-state index contributed by atoms with van der Waals surface area (Å²) in [4.78, 5) is 47.6. The highest BCUT2D eigenvalue weighted by Gasteiger charge is 2.60. The highest BCUT2D eigenvalue weighted by atomic mass is 32.2. The van der Waals surface area contributed by atoms with Gasteiger partial charge in [0.2, 0.25) is 5.91 Å². The maximum absolute atomic E-state index is 12.3. The minimum absolute atomic E-state index is 0.0133. The van der Waals surface area contributed by atoms with Gasteiger partial charge in [0.05, 0.1) is 6.61 Å². The van der Waals surface area contributed by atoms with Gasteiger partial charge in [-0.15, -0.1) is 0 Å². The van der Waals surface area contributed by atoms with Crippen LogP contribution in [-0.2, 0) is 23.9 Å². The van der Waals surface area contributed by atoms with Gasteiger partial charge in [-0.05, 0) is 13.3 Å². The number of rotatable bonds is 2. The van der Waals surface area contributed by atoms with Crippen LogP contribution in [0.15, 0.2) is 0 Å². The zero-order valence-corrected chi connectivity index (χ0v) is 11.0. The fourth-order valence-electron chi connectivity index (χ4n) is 2.19. The molecule has 2 fully saturated rings. The molecule has 1 saturated carbocycles. The van der Waals surface area contributed by atoms with Crippen molar-refractivity contribution >= 4 is 40.4 Å². The lowest BCUT2D eigenvalue weighted by Crippen LogP contribution is -2.54. The summed E-state index contributed by atoms with van der Waals surface area (Å²) >= 11 is 0.759. The largest absolute Gasteiger partial charge is 0.465 e. The summed E-state index contributed by atoms with van der Waals surface area (Å²) in [5, 5.41) is 9.51. The number of thioether (sulfide) groups is 1. The third-order valence-electron chi connectivity index (χ3n) is 3.10. The lowest BCUT2D eigenvalue weighted by Gasteiger charge is -2.30. The second-order valence-electron chi connectivity index (χ2n) is 4.23. The third-order valence-corrected chi connectivity index (χ3v) is 4.34. The lowest BCUT2D eigenvalue weighted by atomic mass is 9.78. The highest BCUT2D eigenvalue weighted by molar-refractivity contribution is 8.16. The first-order chi connectivity index (χ1) is 8.92.